The topological polar surface area (TPSA) is 103 Å². The summed E-state index contributed by atoms with van der Waals surface area (Å²) < 4.78 is 43.5. The molecular formula is C15H17F3N2O5. The fraction of sp³-hybridized carbons (Fsp3) is 0.467. The van der Waals surface area contributed by atoms with Crippen LogP contribution in [0.4, 0.5) is 18.9 Å². The van der Waals surface area contributed by atoms with Crippen LogP contribution in [0.1, 0.15) is 12.5 Å². The number of aliphatic hydroxyl groups is 3. The van der Waals surface area contributed by atoms with Gasteiger partial charge in [0.15, 0.2) is 0 Å². The minimum Gasteiger partial charge on any atom is -0.394 e. The van der Waals surface area contributed by atoms with Crippen LogP contribution < -0.4 is 5.01 Å². The summed E-state index contributed by atoms with van der Waals surface area (Å²) in [5, 5.41) is 32.9. The molecule has 0 radical (unpaired) electrons. The fourth-order valence-corrected chi connectivity index (χ4v) is 2.33. The number of rotatable bonds is 4. The van der Waals surface area contributed by atoms with Gasteiger partial charge in [-0.3, -0.25) is 4.79 Å². The van der Waals surface area contributed by atoms with Crippen LogP contribution >= 0.6 is 0 Å². The van der Waals surface area contributed by atoms with Gasteiger partial charge in [-0.2, -0.15) is 18.3 Å². The van der Waals surface area contributed by atoms with E-state index in [1.54, 1.807) is 0 Å². The second-order valence-corrected chi connectivity index (χ2v) is 5.45. The van der Waals surface area contributed by atoms with Crippen LogP contribution in [-0.4, -0.2) is 58.5 Å². The van der Waals surface area contributed by atoms with Gasteiger partial charge in [-0.1, -0.05) is 6.07 Å². The SMILES string of the molecule is CC(=O)N(/N=C/[C@@H]1O[C@H](CO)[C@@H](O)[C@@H]1O)c1cccc(C(F)(F)F)c1. The molecule has 1 aliphatic rings. The van der Waals surface area contributed by atoms with Crippen molar-refractivity contribution in [3.05, 3.63) is 29.8 Å². The first-order valence-electron chi connectivity index (χ1n) is 7.29. The molecule has 3 N–H and O–H groups in total. The van der Waals surface area contributed by atoms with Crippen LogP contribution in [0.15, 0.2) is 29.4 Å². The lowest BCUT2D eigenvalue weighted by atomic mass is 10.1. The van der Waals surface area contributed by atoms with Gasteiger partial charge in [-0.25, -0.2) is 5.01 Å². The summed E-state index contributed by atoms with van der Waals surface area (Å²) in [6.07, 6.45) is -8.47. The number of hydrogen-bond acceptors (Lipinski definition) is 6. The summed E-state index contributed by atoms with van der Waals surface area (Å²) >= 11 is 0. The zero-order chi connectivity index (χ0) is 18.8. The molecule has 4 atom stereocenters. The first kappa shape index (κ1) is 19.3. The fourth-order valence-electron chi connectivity index (χ4n) is 2.33. The van der Waals surface area contributed by atoms with Gasteiger partial charge in [0.1, 0.15) is 24.4 Å². The molecule has 0 spiro atoms. The van der Waals surface area contributed by atoms with Crippen molar-refractivity contribution >= 4 is 17.8 Å². The standard InChI is InChI=1S/C15H17F3N2O5/c1-8(22)20(10-4-2-3-9(5-10)15(16,17)18)19-6-11-13(23)14(24)12(7-21)25-11/h2-6,11-14,21,23-24H,7H2,1H3/b19-6+/t11-,12+,13+,14+/m0/s1. The average molecular weight is 362 g/mol. The van der Waals surface area contributed by atoms with E-state index in [0.29, 0.717) is 5.01 Å². The third kappa shape index (κ3) is 4.34. The molecule has 138 valence electrons. The number of carbonyl (C=O) groups is 1. The molecule has 1 aromatic rings. The number of anilines is 1. The molecule has 2 rings (SSSR count). The number of hydrazone groups is 1. The second-order valence-electron chi connectivity index (χ2n) is 5.45. The van der Waals surface area contributed by atoms with Crippen molar-refractivity contribution in [3.63, 3.8) is 0 Å². The van der Waals surface area contributed by atoms with Crippen LogP contribution in [0.25, 0.3) is 0 Å². The van der Waals surface area contributed by atoms with Crippen LogP contribution in [0.5, 0.6) is 0 Å². The maximum Gasteiger partial charge on any atom is 0.416 e. The first-order chi connectivity index (χ1) is 11.6. The highest BCUT2D eigenvalue weighted by Crippen LogP contribution is 2.31. The Balaban J connectivity index is 2.24. The highest BCUT2D eigenvalue weighted by atomic mass is 19.4. The molecule has 1 heterocycles. The van der Waals surface area contributed by atoms with Gasteiger partial charge in [-0.15, -0.1) is 0 Å². The Hall–Kier alpha value is -2.01. The molecule has 7 nitrogen and oxygen atoms in total. The zero-order valence-electron chi connectivity index (χ0n) is 13.1. The van der Waals surface area contributed by atoms with E-state index in [2.05, 4.69) is 5.10 Å². The van der Waals surface area contributed by atoms with Gasteiger partial charge in [-0.05, 0) is 18.2 Å². The third-order valence-corrected chi connectivity index (χ3v) is 3.62. The number of aliphatic hydroxyl groups excluding tert-OH is 3. The first-order valence-corrected chi connectivity index (χ1v) is 7.29. The Morgan fingerprint density at radius 1 is 1.36 bits per heavy atom. The van der Waals surface area contributed by atoms with Crippen molar-refractivity contribution in [2.24, 2.45) is 5.10 Å². The summed E-state index contributed by atoms with van der Waals surface area (Å²) in [5.41, 5.74) is -1.07. The van der Waals surface area contributed by atoms with Crippen LogP contribution in [-0.2, 0) is 15.7 Å². The molecule has 10 heteroatoms. The molecule has 1 fully saturated rings. The summed E-state index contributed by atoms with van der Waals surface area (Å²) in [7, 11) is 0. The molecule has 0 aromatic heterocycles. The summed E-state index contributed by atoms with van der Waals surface area (Å²) in [6.45, 7) is 0.571. The van der Waals surface area contributed by atoms with E-state index in [0.717, 1.165) is 31.3 Å². The molecular weight excluding hydrogens is 345 g/mol. The van der Waals surface area contributed by atoms with E-state index in [1.165, 1.54) is 6.07 Å². The lowest BCUT2D eigenvalue weighted by Gasteiger charge is -2.18. The van der Waals surface area contributed by atoms with E-state index in [1.807, 2.05) is 0 Å². The number of halogens is 3. The summed E-state index contributed by atoms with van der Waals surface area (Å²) in [6, 6.07) is 4.02. The van der Waals surface area contributed by atoms with Gasteiger partial charge < -0.3 is 20.1 Å². The Bertz CT molecular complexity index is 652. The summed E-state index contributed by atoms with van der Waals surface area (Å²) in [4.78, 5) is 11.7. The number of amides is 1. The van der Waals surface area contributed by atoms with Crippen molar-refractivity contribution in [3.8, 4) is 0 Å². The van der Waals surface area contributed by atoms with E-state index < -0.39 is 48.7 Å². The van der Waals surface area contributed by atoms with E-state index in [4.69, 9.17) is 9.84 Å². The van der Waals surface area contributed by atoms with Crippen molar-refractivity contribution in [1.29, 1.82) is 0 Å². The van der Waals surface area contributed by atoms with Crippen LogP contribution in [0.3, 0.4) is 0 Å². The Morgan fingerprint density at radius 3 is 2.56 bits per heavy atom. The highest BCUT2D eigenvalue weighted by Gasteiger charge is 2.41. The van der Waals surface area contributed by atoms with Gasteiger partial charge in [0.2, 0.25) is 5.91 Å². The number of ether oxygens (including phenoxy) is 1. The molecule has 1 amide bonds. The lowest BCUT2D eigenvalue weighted by molar-refractivity contribution is -0.137. The van der Waals surface area contributed by atoms with Gasteiger partial charge >= 0.3 is 6.18 Å². The molecule has 0 unspecified atom stereocenters. The maximum absolute atomic E-state index is 12.8. The molecule has 1 aliphatic heterocycles. The predicted octanol–water partition coefficient (Wildman–Crippen LogP) is 0.526. The van der Waals surface area contributed by atoms with Gasteiger partial charge in [0.25, 0.3) is 0 Å². The molecule has 1 saturated heterocycles. The van der Waals surface area contributed by atoms with E-state index >= 15 is 0 Å². The second kappa shape index (κ2) is 7.48. The van der Waals surface area contributed by atoms with Crippen molar-refractivity contribution in [2.45, 2.75) is 37.5 Å². The number of alkyl halides is 3. The molecule has 1 aromatic carbocycles. The Labute approximate surface area is 140 Å². The number of benzene rings is 1. The highest BCUT2D eigenvalue weighted by molar-refractivity contribution is 5.92. The Kier molecular flexibility index (Phi) is 5.78. The normalized spacial score (nSPS) is 27.0. The molecule has 0 aliphatic carbocycles. The number of carbonyl (C=O) groups excluding carboxylic acids is 1. The summed E-state index contributed by atoms with van der Waals surface area (Å²) in [5.74, 6) is -0.665. The quantitative estimate of drug-likeness (QED) is 0.536. The number of hydrogen-bond donors (Lipinski definition) is 3. The maximum atomic E-state index is 12.8. The predicted molar refractivity (Wildman–Crippen MR) is 80.9 cm³/mol. The smallest absolute Gasteiger partial charge is 0.394 e. The minimum atomic E-state index is -4.58. The van der Waals surface area contributed by atoms with Crippen molar-refractivity contribution in [2.75, 3.05) is 11.6 Å². The molecule has 0 saturated carbocycles. The van der Waals surface area contributed by atoms with Crippen molar-refractivity contribution < 1.29 is 38.0 Å². The minimum absolute atomic E-state index is 0.120. The zero-order valence-corrected chi connectivity index (χ0v) is 13.1. The average Bonchev–Trinajstić information content (AvgIpc) is 2.82. The van der Waals surface area contributed by atoms with Crippen molar-refractivity contribution in [1.82, 2.24) is 0 Å². The van der Waals surface area contributed by atoms with Crippen LogP contribution in [0, 0.1) is 0 Å². The Morgan fingerprint density at radius 2 is 2.04 bits per heavy atom. The van der Waals surface area contributed by atoms with E-state index in [-0.39, 0.29) is 5.69 Å². The largest absolute Gasteiger partial charge is 0.416 e. The van der Waals surface area contributed by atoms with Gasteiger partial charge in [0, 0.05) is 6.92 Å². The lowest BCUT2D eigenvalue weighted by Crippen LogP contribution is -2.34. The molecule has 25 heavy (non-hydrogen) atoms. The number of nitrogens with zero attached hydrogens (tertiary/aromatic N) is 2. The van der Waals surface area contributed by atoms with E-state index in [9.17, 15) is 28.2 Å². The van der Waals surface area contributed by atoms with Crippen LogP contribution in [0.2, 0.25) is 0 Å². The monoisotopic (exact) mass is 362 g/mol. The molecule has 0 bridgehead atoms. The third-order valence-electron chi connectivity index (χ3n) is 3.62. The van der Waals surface area contributed by atoms with Gasteiger partial charge in [0.05, 0.1) is 24.1 Å².